The summed E-state index contributed by atoms with van der Waals surface area (Å²) >= 11 is 0. The van der Waals surface area contributed by atoms with Crippen LogP contribution in [0.15, 0.2) is 24.3 Å². The second kappa shape index (κ2) is 7.90. The molecule has 3 heteroatoms. The summed E-state index contributed by atoms with van der Waals surface area (Å²) in [5.74, 6) is 0.515. The molecule has 0 aromatic heterocycles. The maximum Gasteiger partial charge on any atom is 0.128 e. The van der Waals surface area contributed by atoms with Crippen LogP contribution in [-0.4, -0.2) is 18.7 Å². The fourth-order valence-corrected chi connectivity index (χ4v) is 3.29. The van der Waals surface area contributed by atoms with Crippen LogP contribution in [0.3, 0.4) is 0 Å². The first-order valence-electron chi connectivity index (χ1n) is 8.23. The van der Waals surface area contributed by atoms with Crippen molar-refractivity contribution in [3.8, 4) is 0 Å². The van der Waals surface area contributed by atoms with E-state index < -0.39 is 0 Å². The fraction of sp³-hybridized carbons (Fsp3) is 0.667. The van der Waals surface area contributed by atoms with Gasteiger partial charge in [-0.2, -0.15) is 0 Å². The second-order valence-corrected chi connectivity index (χ2v) is 6.44. The van der Waals surface area contributed by atoms with E-state index in [-0.39, 0.29) is 11.4 Å². The molecular weight excluding hydrogens is 265 g/mol. The SMILES string of the molecule is CCCNCC1(OCc2ccccc2F)CCCC(C)C1. The third kappa shape index (κ3) is 4.79. The van der Waals surface area contributed by atoms with Crippen LogP contribution in [0.1, 0.15) is 51.5 Å². The third-order valence-electron chi connectivity index (χ3n) is 4.42. The van der Waals surface area contributed by atoms with E-state index in [4.69, 9.17) is 4.74 Å². The normalized spacial score (nSPS) is 26.0. The van der Waals surface area contributed by atoms with Gasteiger partial charge < -0.3 is 10.1 Å². The molecule has 0 saturated heterocycles. The highest BCUT2D eigenvalue weighted by molar-refractivity contribution is 5.16. The maximum absolute atomic E-state index is 13.8. The van der Waals surface area contributed by atoms with Crippen molar-refractivity contribution in [2.45, 2.75) is 58.2 Å². The van der Waals surface area contributed by atoms with E-state index in [1.54, 1.807) is 6.07 Å². The first kappa shape index (κ1) is 16.4. The molecule has 1 aliphatic carbocycles. The first-order valence-corrected chi connectivity index (χ1v) is 8.23. The molecule has 0 heterocycles. The van der Waals surface area contributed by atoms with Crippen LogP contribution >= 0.6 is 0 Å². The van der Waals surface area contributed by atoms with E-state index in [1.807, 2.05) is 12.1 Å². The summed E-state index contributed by atoms with van der Waals surface area (Å²) in [7, 11) is 0. The maximum atomic E-state index is 13.8. The quantitative estimate of drug-likeness (QED) is 0.757. The Morgan fingerprint density at radius 2 is 2.19 bits per heavy atom. The summed E-state index contributed by atoms with van der Waals surface area (Å²) in [4.78, 5) is 0. The van der Waals surface area contributed by atoms with Gasteiger partial charge in [-0.15, -0.1) is 0 Å². The summed E-state index contributed by atoms with van der Waals surface area (Å²) < 4.78 is 20.0. The van der Waals surface area contributed by atoms with Crippen LogP contribution in [0.25, 0.3) is 0 Å². The van der Waals surface area contributed by atoms with Crippen molar-refractivity contribution in [2.24, 2.45) is 5.92 Å². The molecule has 0 radical (unpaired) electrons. The Hall–Kier alpha value is -0.930. The molecule has 0 spiro atoms. The van der Waals surface area contributed by atoms with Crippen molar-refractivity contribution in [2.75, 3.05) is 13.1 Å². The molecule has 2 atom stereocenters. The molecule has 1 fully saturated rings. The van der Waals surface area contributed by atoms with Gasteiger partial charge in [0.15, 0.2) is 0 Å². The minimum Gasteiger partial charge on any atom is -0.369 e. The molecule has 1 aromatic carbocycles. The first-order chi connectivity index (χ1) is 10.2. The zero-order valence-corrected chi connectivity index (χ0v) is 13.3. The molecule has 1 saturated carbocycles. The van der Waals surface area contributed by atoms with Gasteiger partial charge in [-0.25, -0.2) is 4.39 Å². The monoisotopic (exact) mass is 293 g/mol. The predicted octanol–water partition coefficient (Wildman–Crippen LogP) is 4.29. The van der Waals surface area contributed by atoms with Crippen LogP contribution in [0.5, 0.6) is 0 Å². The summed E-state index contributed by atoms with van der Waals surface area (Å²) in [6.07, 6.45) is 5.74. The van der Waals surface area contributed by atoms with Gasteiger partial charge >= 0.3 is 0 Å². The lowest BCUT2D eigenvalue weighted by molar-refractivity contribution is -0.0895. The molecule has 118 valence electrons. The van der Waals surface area contributed by atoms with Gasteiger partial charge in [-0.3, -0.25) is 0 Å². The Labute approximate surface area is 128 Å². The van der Waals surface area contributed by atoms with E-state index in [0.717, 1.165) is 32.4 Å². The largest absolute Gasteiger partial charge is 0.369 e. The molecule has 1 aliphatic rings. The molecule has 0 bridgehead atoms. The Bertz CT molecular complexity index is 437. The average Bonchev–Trinajstić information content (AvgIpc) is 2.47. The van der Waals surface area contributed by atoms with Crippen LogP contribution < -0.4 is 5.32 Å². The number of halogens is 1. The highest BCUT2D eigenvalue weighted by atomic mass is 19.1. The van der Waals surface area contributed by atoms with E-state index in [9.17, 15) is 4.39 Å². The lowest BCUT2D eigenvalue weighted by Crippen LogP contribution is -2.46. The van der Waals surface area contributed by atoms with Crippen molar-refractivity contribution >= 4 is 0 Å². The summed E-state index contributed by atoms with van der Waals surface area (Å²) in [5, 5.41) is 3.50. The molecule has 2 rings (SSSR count). The van der Waals surface area contributed by atoms with Gasteiger partial charge in [0.25, 0.3) is 0 Å². The van der Waals surface area contributed by atoms with E-state index in [1.165, 1.54) is 18.9 Å². The molecule has 1 aromatic rings. The average molecular weight is 293 g/mol. The number of hydrogen-bond donors (Lipinski definition) is 1. The van der Waals surface area contributed by atoms with Gasteiger partial charge in [0.05, 0.1) is 12.2 Å². The van der Waals surface area contributed by atoms with E-state index in [2.05, 4.69) is 19.2 Å². The minimum atomic E-state index is -0.168. The molecule has 2 nitrogen and oxygen atoms in total. The van der Waals surface area contributed by atoms with Crippen molar-refractivity contribution in [1.82, 2.24) is 5.32 Å². The standard InChI is InChI=1S/C18H28FNO/c1-3-11-20-14-18(10-6-7-15(2)12-18)21-13-16-8-4-5-9-17(16)19/h4-5,8-9,15,20H,3,6-7,10-14H2,1-2H3. The zero-order chi connectivity index (χ0) is 15.1. The van der Waals surface area contributed by atoms with Crippen LogP contribution in [0.2, 0.25) is 0 Å². The smallest absolute Gasteiger partial charge is 0.128 e. The molecule has 0 amide bonds. The van der Waals surface area contributed by atoms with Gasteiger partial charge in [-0.1, -0.05) is 44.9 Å². The van der Waals surface area contributed by atoms with Gasteiger partial charge in [-0.05, 0) is 37.8 Å². The molecule has 0 aliphatic heterocycles. The summed E-state index contributed by atoms with van der Waals surface area (Å²) in [6.45, 7) is 6.72. The highest BCUT2D eigenvalue weighted by Gasteiger charge is 2.35. The van der Waals surface area contributed by atoms with Crippen LogP contribution in [-0.2, 0) is 11.3 Å². The van der Waals surface area contributed by atoms with Crippen LogP contribution in [0, 0.1) is 11.7 Å². The zero-order valence-electron chi connectivity index (χ0n) is 13.3. The predicted molar refractivity (Wildman–Crippen MR) is 84.7 cm³/mol. The molecular formula is C18H28FNO. The summed E-state index contributed by atoms with van der Waals surface area (Å²) in [6, 6.07) is 6.91. The fourth-order valence-electron chi connectivity index (χ4n) is 3.29. The Morgan fingerprint density at radius 3 is 2.90 bits per heavy atom. The molecule has 2 unspecified atom stereocenters. The van der Waals surface area contributed by atoms with E-state index >= 15 is 0 Å². The highest BCUT2D eigenvalue weighted by Crippen LogP contribution is 2.35. The van der Waals surface area contributed by atoms with Crippen molar-refractivity contribution < 1.29 is 9.13 Å². The topological polar surface area (TPSA) is 21.3 Å². The lowest BCUT2D eigenvalue weighted by Gasteiger charge is -2.40. The van der Waals surface area contributed by atoms with Crippen molar-refractivity contribution in [1.29, 1.82) is 0 Å². The number of hydrogen-bond acceptors (Lipinski definition) is 2. The Morgan fingerprint density at radius 1 is 1.38 bits per heavy atom. The molecule has 1 N–H and O–H groups in total. The minimum absolute atomic E-state index is 0.130. The Kier molecular flexibility index (Phi) is 6.19. The lowest BCUT2D eigenvalue weighted by atomic mass is 9.78. The summed E-state index contributed by atoms with van der Waals surface area (Å²) in [5.41, 5.74) is 0.528. The van der Waals surface area contributed by atoms with Gasteiger partial charge in [0.1, 0.15) is 5.82 Å². The number of benzene rings is 1. The second-order valence-electron chi connectivity index (χ2n) is 6.44. The number of nitrogens with one attached hydrogen (secondary N) is 1. The molecule has 21 heavy (non-hydrogen) atoms. The van der Waals surface area contributed by atoms with Gasteiger partial charge in [0.2, 0.25) is 0 Å². The van der Waals surface area contributed by atoms with Crippen molar-refractivity contribution in [3.05, 3.63) is 35.6 Å². The van der Waals surface area contributed by atoms with E-state index in [0.29, 0.717) is 18.1 Å². The number of rotatable bonds is 7. The van der Waals surface area contributed by atoms with Crippen LogP contribution in [0.4, 0.5) is 4.39 Å². The Balaban J connectivity index is 2.00. The van der Waals surface area contributed by atoms with Crippen molar-refractivity contribution in [3.63, 3.8) is 0 Å². The van der Waals surface area contributed by atoms with Gasteiger partial charge in [0, 0.05) is 12.1 Å². The number of ether oxygens (including phenoxy) is 1. The third-order valence-corrected chi connectivity index (χ3v) is 4.42.